The number of carbonyl (C=O) groups is 2. The second-order valence-corrected chi connectivity index (χ2v) is 7.90. The van der Waals surface area contributed by atoms with Crippen molar-refractivity contribution in [2.75, 3.05) is 25.1 Å². The molecular formula is C24H30N2O4. The predicted octanol–water partition coefficient (Wildman–Crippen LogP) is 4.04. The minimum absolute atomic E-state index is 0.0645. The largest absolute Gasteiger partial charge is 0.484 e. The number of benzene rings is 2. The second-order valence-electron chi connectivity index (χ2n) is 7.90. The number of anilines is 1. The van der Waals surface area contributed by atoms with Gasteiger partial charge in [-0.15, -0.1) is 0 Å². The van der Waals surface area contributed by atoms with Gasteiger partial charge in [0.05, 0.1) is 17.4 Å². The summed E-state index contributed by atoms with van der Waals surface area (Å²) >= 11 is 0. The molecule has 0 radical (unpaired) electrons. The van der Waals surface area contributed by atoms with E-state index in [1.165, 1.54) is 5.56 Å². The van der Waals surface area contributed by atoms with Crippen molar-refractivity contribution in [1.29, 1.82) is 0 Å². The number of nitrogens with one attached hydrogen (secondary N) is 2. The highest BCUT2D eigenvalue weighted by Gasteiger charge is 2.18. The fourth-order valence-electron chi connectivity index (χ4n) is 3.62. The van der Waals surface area contributed by atoms with Crippen molar-refractivity contribution in [3.63, 3.8) is 0 Å². The highest BCUT2D eigenvalue weighted by atomic mass is 16.5. The minimum atomic E-state index is -0.319. The molecule has 1 unspecified atom stereocenters. The Bertz CT molecular complexity index is 889. The SMILES string of the molecule is Cc1cc(OCC(=O)Nc2ccccc2C(=O)NCC2CCCO2)ccc1C(C)C. The Labute approximate surface area is 178 Å². The quantitative estimate of drug-likeness (QED) is 0.688. The van der Waals surface area contributed by atoms with Gasteiger partial charge in [-0.3, -0.25) is 9.59 Å². The van der Waals surface area contributed by atoms with Gasteiger partial charge < -0.3 is 20.1 Å². The molecule has 0 bridgehead atoms. The highest BCUT2D eigenvalue weighted by Crippen LogP contribution is 2.23. The van der Waals surface area contributed by atoms with Gasteiger partial charge in [0, 0.05) is 13.2 Å². The van der Waals surface area contributed by atoms with Gasteiger partial charge in [0.15, 0.2) is 6.61 Å². The number of para-hydroxylation sites is 1. The van der Waals surface area contributed by atoms with Crippen molar-refractivity contribution in [2.45, 2.75) is 45.6 Å². The third-order valence-electron chi connectivity index (χ3n) is 5.19. The lowest BCUT2D eigenvalue weighted by molar-refractivity contribution is -0.118. The molecule has 2 aromatic carbocycles. The number of rotatable bonds is 8. The van der Waals surface area contributed by atoms with Crippen LogP contribution in [-0.2, 0) is 9.53 Å². The van der Waals surface area contributed by atoms with Crippen molar-refractivity contribution < 1.29 is 19.1 Å². The van der Waals surface area contributed by atoms with E-state index in [0.29, 0.717) is 29.5 Å². The minimum Gasteiger partial charge on any atom is -0.484 e. The van der Waals surface area contributed by atoms with E-state index in [-0.39, 0.29) is 24.5 Å². The maximum Gasteiger partial charge on any atom is 0.262 e. The number of amides is 2. The van der Waals surface area contributed by atoms with Crippen LogP contribution in [0.4, 0.5) is 5.69 Å². The van der Waals surface area contributed by atoms with Gasteiger partial charge >= 0.3 is 0 Å². The van der Waals surface area contributed by atoms with Gasteiger partial charge in [-0.2, -0.15) is 0 Å². The van der Waals surface area contributed by atoms with Crippen LogP contribution >= 0.6 is 0 Å². The third kappa shape index (κ3) is 5.83. The average molecular weight is 411 g/mol. The molecule has 2 amide bonds. The molecule has 30 heavy (non-hydrogen) atoms. The van der Waals surface area contributed by atoms with Gasteiger partial charge in [0.2, 0.25) is 0 Å². The first kappa shape index (κ1) is 21.8. The van der Waals surface area contributed by atoms with Crippen molar-refractivity contribution in [2.24, 2.45) is 0 Å². The van der Waals surface area contributed by atoms with Crippen LogP contribution in [0.2, 0.25) is 0 Å². The lowest BCUT2D eigenvalue weighted by Gasteiger charge is -2.14. The molecule has 0 spiro atoms. The summed E-state index contributed by atoms with van der Waals surface area (Å²) in [6.07, 6.45) is 2.04. The lowest BCUT2D eigenvalue weighted by atomic mass is 9.98. The zero-order chi connectivity index (χ0) is 21.5. The fraction of sp³-hybridized carbons (Fsp3) is 0.417. The van der Waals surface area contributed by atoms with Crippen molar-refractivity contribution in [3.05, 3.63) is 59.2 Å². The molecule has 2 N–H and O–H groups in total. The molecule has 1 atom stereocenters. The normalized spacial score (nSPS) is 15.8. The molecular weight excluding hydrogens is 380 g/mol. The number of hydrogen-bond acceptors (Lipinski definition) is 4. The van der Waals surface area contributed by atoms with Crippen molar-refractivity contribution in [1.82, 2.24) is 5.32 Å². The molecule has 1 saturated heterocycles. The Balaban J connectivity index is 1.56. The monoisotopic (exact) mass is 410 g/mol. The zero-order valence-corrected chi connectivity index (χ0v) is 17.9. The zero-order valence-electron chi connectivity index (χ0n) is 17.9. The Morgan fingerprint density at radius 2 is 2.00 bits per heavy atom. The summed E-state index contributed by atoms with van der Waals surface area (Å²) in [5.74, 6) is 0.530. The maximum atomic E-state index is 12.6. The Morgan fingerprint density at radius 1 is 1.20 bits per heavy atom. The first-order valence-corrected chi connectivity index (χ1v) is 10.5. The van der Waals surface area contributed by atoms with Crippen LogP contribution in [0.15, 0.2) is 42.5 Å². The van der Waals surface area contributed by atoms with Crippen LogP contribution in [0.25, 0.3) is 0 Å². The predicted molar refractivity (Wildman–Crippen MR) is 117 cm³/mol. The second kappa shape index (κ2) is 10.3. The molecule has 1 aliphatic heterocycles. The first-order chi connectivity index (χ1) is 14.4. The number of ether oxygens (including phenoxy) is 2. The van der Waals surface area contributed by atoms with E-state index in [4.69, 9.17) is 9.47 Å². The lowest BCUT2D eigenvalue weighted by Crippen LogP contribution is -2.32. The summed E-state index contributed by atoms with van der Waals surface area (Å²) in [6, 6.07) is 12.8. The summed E-state index contributed by atoms with van der Waals surface area (Å²) in [5.41, 5.74) is 3.27. The molecule has 1 fully saturated rings. The summed E-state index contributed by atoms with van der Waals surface area (Å²) in [4.78, 5) is 25.0. The topological polar surface area (TPSA) is 76.7 Å². The van der Waals surface area contributed by atoms with E-state index < -0.39 is 0 Å². The Hall–Kier alpha value is -2.86. The molecule has 2 aromatic rings. The molecule has 0 aromatic heterocycles. The standard InChI is InChI=1S/C24H30N2O4/c1-16(2)20-11-10-18(13-17(20)3)30-15-23(27)26-22-9-5-4-8-21(22)24(28)25-14-19-7-6-12-29-19/h4-5,8-11,13,16,19H,6-7,12,14-15H2,1-3H3,(H,25,28)(H,26,27). The highest BCUT2D eigenvalue weighted by molar-refractivity contribution is 6.04. The van der Waals surface area contributed by atoms with Crippen LogP contribution in [0, 0.1) is 6.92 Å². The van der Waals surface area contributed by atoms with E-state index in [1.54, 1.807) is 24.3 Å². The van der Waals surface area contributed by atoms with Crippen LogP contribution in [0.5, 0.6) is 5.75 Å². The van der Waals surface area contributed by atoms with Gasteiger partial charge in [-0.25, -0.2) is 0 Å². The van der Waals surface area contributed by atoms with Gasteiger partial charge in [-0.1, -0.05) is 32.0 Å². The smallest absolute Gasteiger partial charge is 0.262 e. The molecule has 160 valence electrons. The van der Waals surface area contributed by atoms with E-state index in [9.17, 15) is 9.59 Å². The molecule has 1 heterocycles. The van der Waals surface area contributed by atoms with Gasteiger partial charge in [0.1, 0.15) is 5.75 Å². The fourth-order valence-corrected chi connectivity index (χ4v) is 3.62. The summed E-state index contributed by atoms with van der Waals surface area (Å²) < 4.78 is 11.2. The summed E-state index contributed by atoms with van der Waals surface area (Å²) in [7, 11) is 0. The Morgan fingerprint density at radius 3 is 2.70 bits per heavy atom. The molecule has 6 heteroatoms. The van der Waals surface area contributed by atoms with Crippen molar-refractivity contribution >= 4 is 17.5 Å². The molecule has 0 saturated carbocycles. The molecule has 6 nitrogen and oxygen atoms in total. The number of hydrogen-bond donors (Lipinski definition) is 2. The number of carbonyl (C=O) groups excluding carboxylic acids is 2. The summed E-state index contributed by atoms with van der Waals surface area (Å²) in [6.45, 7) is 7.40. The maximum absolute atomic E-state index is 12.6. The van der Waals surface area contributed by atoms with Crippen LogP contribution in [0.1, 0.15) is 54.1 Å². The van der Waals surface area contributed by atoms with Gasteiger partial charge in [-0.05, 0) is 61.1 Å². The molecule has 0 aliphatic carbocycles. The first-order valence-electron chi connectivity index (χ1n) is 10.5. The average Bonchev–Trinajstić information content (AvgIpc) is 3.24. The van der Waals surface area contributed by atoms with E-state index >= 15 is 0 Å². The van der Waals surface area contributed by atoms with E-state index in [0.717, 1.165) is 25.0 Å². The van der Waals surface area contributed by atoms with E-state index in [2.05, 4.69) is 24.5 Å². The number of aryl methyl sites for hydroxylation is 1. The van der Waals surface area contributed by atoms with Gasteiger partial charge in [0.25, 0.3) is 11.8 Å². The van der Waals surface area contributed by atoms with Crippen LogP contribution < -0.4 is 15.4 Å². The molecule has 3 rings (SSSR count). The van der Waals surface area contributed by atoms with Crippen molar-refractivity contribution in [3.8, 4) is 5.75 Å². The van der Waals surface area contributed by atoms with E-state index in [1.807, 2.05) is 25.1 Å². The third-order valence-corrected chi connectivity index (χ3v) is 5.19. The van der Waals surface area contributed by atoms with Crippen LogP contribution in [0.3, 0.4) is 0 Å². The summed E-state index contributed by atoms with van der Waals surface area (Å²) in [5, 5.41) is 5.66. The van der Waals surface area contributed by atoms with Crippen LogP contribution in [-0.4, -0.2) is 37.7 Å². The Kier molecular flexibility index (Phi) is 7.46. The molecule has 1 aliphatic rings.